The van der Waals surface area contributed by atoms with Crippen LogP contribution in [-0.2, 0) is 11.2 Å². The van der Waals surface area contributed by atoms with E-state index >= 15 is 0 Å². The highest BCUT2D eigenvalue weighted by Crippen LogP contribution is 2.21. The van der Waals surface area contributed by atoms with Gasteiger partial charge in [-0.15, -0.1) is 0 Å². The van der Waals surface area contributed by atoms with Crippen LogP contribution in [0.5, 0.6) is 0 Å². The van der Waals surface area contributed by atoms with Gasteiger partial charge in [-0.2, -0.15) is 23.1 Å². The number of carbonyl (C=O) groups is 1. The van der Waals surface area contributed by atoms with E-state index in [0.29, 0.717) is 17.6 Å². The van der Waals surface area contributed by atoms with Crippen LogP contribution in [0, 0.1) is 0 Å². The van der Waals surface area contributed by atoms with Gasteiger partial charge in [-0.25, -0.2) is 0 Å². The molecule has 0 unspecified atom stereocenters. The summed E-state index contributed by atoms with van der Waals surface area (Å²) in [4.78, 5) is 14.3. The Kier molecular flexibility index (Phi) is 5.57. The molecule has 0 radical (unpaired) electrons. The number of thiophene rings is 1. The van der Waals surface area contributed by atoms with E-state index < -0.39 is 0 Å². The number of aryl methyl sites for hydroxylation is 1. The molecule has 18 heavy (non-hydrogen) atoms. The zero-order chi connectivity index (χ0) is 12.8. The number of hydrogen-bond acceptors (Lipinski definition) is 3. The number of hydrogen-bond donors (Lipinski definition) is 0. The quantitative estimate of drug-likeness (QED) is 0.844. The van der Waals surface area contributed by atoms with E-state index in [0.717, 1.165) is 19.5 Å². The number of thioether (sulfide) groups is 1. The van der Waals surface area contributed by atoms with E-state index in [1.807, 2.05) is 11.8 Å². The summed E-state index contributed by atoms with van der Waals surface area (Å²) >= 11 is 3.61. The molecule has 1 amide bonds. The Morgan fingerprint density at radius 2 is 2.44 bits per heavy atom. The molecule has 0 aliphatic carbocycles. The number of carbonyl (C=O) groups excluding carboxylic acids is 1. The third-order valence-corrected chi connectivity index (χ3v) is 5.31. The lowest BCUT2D eigenvalue weighted by molar-refractivity contribution is -0.131. The molecule has 1 aliphatic rings. The van der Waals surface area contributed by atoms with Crippen molar-refractivity contribution in [2.45, 2.75) is 37.4 Å². The molecule has 100 valence electrons. The predicted molar refractivity (Wildman–Crippen MR) is 80.4 cm³/mol. The largest absolute Gasteiger partial charge is 0.342 e. The molecule has 4 heteroatoms. The molecule has 1 fully saturated rings. The van der Waals surface area contributed by atoms with Crippen molar-refractivity contribution in [3.63, 3.8) is 0 Å². The summed E-state index contributed by atoms with van der Waals surface area (Å²) in [5.41, 5.74) is 1.30. The first kappa shape index (κ1) is 13.9. The fourth-order valence-electron chi connectivity index (χ4n) is 2.37. The van der Waals surface area contributed by atoms with Gasteiger partial charge in [0, 0.05) is 24.8 Å². The smallest absolute Gasteiger partial charge is 0.222 e. The second-order valence-electron chi connectivity index (χ2n) is 4.82. The van der Waals surface area contributed by atoms with Crippen LogP contribution >= 0.6 is 23.1 Å². The highest BCUT2D eigenvalue weighted by molar-refractivity contribution is 7.99. The van der Waals surface area contributed by atoms with Crippen LogP contribution in [0.25, 0.3) is 0 Å². The van der Waals surface area contributed by atoms with Crippen molar-refractivity contribution in [2.24, 2.45) is 0 Å². The molecule has 2 rings (SSSR count). The molecule has 2 heterocycles. The summed E-state index contributed by atoms with van der Waals surface area (Å²) in [5, 5.41) is 4.85. The number of rotatable bonds is 4. The molecule has 0 aromatic carbocycles. The van der Waals surface area contributed by atoms with E-state index in [1.54, 1.807) is 11.3 Å². The topological polar surface area (TPSA) is 20.3 Å². The second-order valence-corrected chi connectivity index (χ2v) is 6.74. The minimum absolute atomic E-state index is 0.335. The number of likely N-dealkylation sites (tertiary alicyclic amines) is 1. The molecule has 1 aliphatic heterocycles. The van der Waals surface area contributed by atoms with Crippen molar-refractivity contribution in [3.05, 3.63) is 22.4 Å². The van der Waals surface area contributed by atoms with Crippen LogP contribution < -0.4 is 0 Å². The molecule has 0 bridgehead atoms. The molecule has 0 spiro atoms. The van der Waals surface area contributed by atoms with E-state index in [1.165, 1.54) is 24.8 Å². The summed E-state index contributed by atoms with van der Waals surface area (Å²) in [6.45, 7) is 1.91. The zero-order valence-corrected chi connectivity index (χ0v) is 12.6. The van der Waals surface area contributed by atoms with Crippen LogP contribution in [0.4, 0.5) is 0 Å². The average Bonchev–Trinajstić information content (AvgIpc) is 2.79. The second kappa shape index (κ2) is 7.19. The molecule has 1 atom stereocenters. The van der Waals surface area contributed by atoms with Gasteiger partial charge >= 0.3 is 0 Å². The first-order chi connectivity index (χ1) is 8.79. The summed E-state index contributed by atoms with van der Waals surface area (Å²) in [5.74, 6) is 0.335. The summed E-state index contributed by atoms with van der Waals surface area (Å²) in [6, 6.07) is 2.12. The monoisotopic (exact) mass is 283 g/mol. The summed E-state index contributed by atoms with van der Waals surface area (Å²) in [6.07, 6.45) is 7.40. The Morgan fingerprint density at radius 3 is 3.17 bits per heavy atom. The van der Waals surface area contributed by atoms with Crippen molar-refractivity contribution in [3.8, 4) is 0 Å². The normalized spacial score (nSPS) is 20.7. The predicted octanol–water partition coefficient (Wildman–Crippen LogP) is 3.42. The van der Waals surface area contributed by atoms with Crippen LogP contribution in [0.1, 0.15) is 31.2 Å². The van der Waals surface area contributed by atoms with E-state index in [-0.39, 0.29) is 0 Å². The Labute approximate surface area is 118 Å². The maximum atomic E-state index is 12.2. The Hall–Kier alpha value is -0.480. The Balaban J connectivity index is 1.83. The van der Waals surface area contributed by atoms with E-state index in [4.69, 9.17) is 0 Å². The van der Waals surface area contributed by atoms with Crippen molar-refractivity contribution in [1.29, 1.82) is 0 Å². The van der Waals surface area contributed by atoms with Gasteiger partial charge in [0.05, 0.1) is 0 Å². The van der Waals surface area contributed by atoms with Crippen molar-refractivity contribution in [1.82, 2.24) is 4.90 Å². The molecule has 1 aromatic rings. The van der Waals surface area contributed by atoms with Crippen molar-refractivity contribution < 1.29 is 4.79 Å². The highest BCUT2D eigenvalue weighted by atomic mass is 32.2. The minimum Gasteiger partial charge on any atom is -0.342 e. The third kappa shape index (κ3) is 4.02. The molecule has 1 aromatic heterocycles. The van der Waals surface area contributed by atoms with E-state index in [9.17, 15) is 4.79 Å². The van der Waals surface area contributed by atoms with Gasteiger partial charge in [-0.05, 0) is 47.9 Å². The van der Waals surface area contributed by atoms with Crippen molar-refractivity contribution >= 4 is 29.0 Å². The zero-order valence-electron chi connectivity index (χ0n) is 10.9. The lowest BCUT2D eigenvalue weighted by Gasteiger charge is -2.23. The lowest BCUT2D eigenvalue weighted by atomic mass is 10.2. The maximum absolute atomic E-state index is 12.2. The fourth-order valence-corrected chi connectivity index (χ4v) is 3.80. The van der Waals surface area contributed by atoms with Crippen molar-refractivity contribution in [2.75, 3.05) is 19.3 Å². The first-order valence-corrected chi connectivity index (χ1v) is 8.84. The molecule has 0 N–H and O–H groups in total. The van der Waals surface area contributed by atoms with E-state index in [2.05, 4.69) is 28.0 Å². The Morgan fingerprint density at radius 1 is 1.56 bits per heavy atom. The molecule has 0 saturated carbocycles. The molecular weight excluding hydrogens is 262 g/mol. The highest BCUT2D eigenvalue weighted by Gasteiger charge is 2.20. The van der Waals surface area contributed by atoms with Gasteiger partial charge in [-0.1, -0.05) is 6.42 Å². The SMILES string of the molecule is CS[C@H]1CCCCN(C(=O)CCc2ccsc2)C1. The van der Waals surface area contributed by atoms with Gasteiger partial charge in [0.2, 0.25) is 5.91 Å². The standard InChI is InChI=1S/C14H21NOS2/c1-17-13-4-2-3-8-15(10-13)14(16)6-5-12-7-9-18-11-12/h7,9,11,13H,2-6,8,10H2,1H3/t13-/m0/s1. The van der Waals surface area contributed by atoms with Gasteiger partial charge < -0.3 is 4.90 Å². The summed E-state index contributed by atoms with van der Waals surface area (Å²) in [7, 11) is 0. The lowest BCUT2D eigenvalue weighted by Crippen LogP contribution is -2.35. The Bertz CT molecular complexity index is 364. The molecule has 1 saturated heterocycles. The van der Waals surface area contributed by atoms with Gasteiger partial charge in [0.15, 0.2) is 0 Å². The first-order valence-electron chi connectivity index (χ1n) is 6.61. The van der Waals surface area contributed by atoms with Gasteiger partial charge in [0.25, 0.3) is 0 Å². The molecular formula is C14H21NOS2. The number of nitrogens with zero attached hydrogens (tertiary/aromatic N) is 1. The number of amides is 1. The fraction of sp³-hybridized carbons (Fsp3) is 0.643. The minimum atomic E-state index is 0.335. The van der Waals surface area contributed by atoms with Gasteiger partial charge in [-0.3, -0.25) is 4.79 Å². The third-order valence-electron chi connectivity index (χ3n) is 3.52. The van der Waals surface area contributed by atoms with Crippen LogP contribution in [0.2, 0.25) is 0 Å². The van der Waals surface area contributed by atoms with Gasteiger partial charge in [0.1, 0.15) is 0 Å². The maximum Gasteiger partial charge on any atom is 0.222 e. The molecule has 2 nitrogen and oxygen atoms in total. The summed E-state index contributed by atoms with van der Waals surface area (Å²) < 4.78 is 0. The van der Waals surface area contributed by atoms with Crippen LogP contribution in [-0.4, -0.2) is 35.4 Å². The average molecular weight is 283 g/mol. The van der Waals surface area contributed by atoms with Crippen LogP contribution in [0.3, 0.4) is 0 Å². The van der Waals surface area contributed by atoms with Crippen LogP contribution in [0.15, 0.2) is 16.8 Å².